The van der Waals surface area contributed by atoms with Crippen molar-refractivity contribution in [1.29, 1.82) is 0 Å². The average molecular weight is 222 g/mol. The van der Waals surface area contributed by atoms with Crippen LogP contribution in [0.1, 0.15) is 19.3 Å². The lowest BCUT2D eigenvalue weighted by atomic mass is 9.87. The molecule has 0 amide bonds. The van der Waals surface area contributed by atoms with Crippen LogP contribution in [0.3, 0.4) is 0 Å². The van der Waals surface area contributed by atoms with Crippen molar-refractivity contribution >= 4 is 5.78 Å². The van der Waals surface area contributed by atoms with E-state index in [4.69, 9.17) is 0 Å². The van der Waals surface area contributed by atoms with Gasteiger partial charge in [-0.25, -0.2) is 0 Å². The number of carbonyl (C=O) groups excluding carboxylic acids is 1. The Morgan fingerprint density at radius 2 is 1.94 bits per heavy atom. The van der Waals surface area contributed by atoms with E-state index in [-0.39, 0.29) is 0 Å². The number of ketones is 1. The number of carbonyl (C=O) groups is 1. The quantitative estimate of drug-likeness (QED) is 0.692. The number of likely N-dealkylation sites (N-methyl/N-ethyl adjacent to an activating group) is 1. The predicted octanol–water partition coefficient (Wildman–Crippen LogP) is 0.849. The highest BCUT2D eigenvalue weighted by molar-refractivity contribution is 5.87. The molecule has 0 aromatic carbocycles. The van der Waals surface area contributed by atoms with Gasteiger partial charge in [-0.15, -0.1) is 0 Å². The van der Waals surface area contributed by atoms with Gasteiger partial charge in [0.1, 0.15) is 5.78 Å². The molecule has 3 nitrogen and oxygen atoms in total. The number of hydrogen-bond acceptors (Lipinski definition) is 3. The van der Waals surface area contributed by atoms with Crippen molar-refractivity contribution in [2.24, 2.45) is 17.8 Å². The molecule has 16 heavy (non-hydrogen) atoms. The zero-order valence-corrected chi connectivity index (χ0v) is 10.2. The van der Waals surface area contributed by atoms with Crippen molar-refractivity contribution in [2.45, 2.75) is 19.3 Å². The van der Waals surface area contributed by atoms with Gasteiger partial charge in [-0.05, 0) is 32.2 Å². The van der Waals surface area contributed by atoms with E-state index in [1.165, 1.54) is 19.3 Å². The molecule has 3 atom stereocenters. The highest BCUT2D eigenvalue weighted by Gasteiger charge is 2.46. The van der Waals surface area contributed by atoms with Crippen LogP contribution in [0.5, 0.6) is 0 Å². The summed E-state index contributed by atoms with van der Waals surface area (Å²) in [5, 5.41) is 0. The predicted molar refractivity (Wildman–Crippen MR) is 63.3 cm³/mol. The molecule has 3 rings (SSSR count). The monoisotopic (exact) mass is 222 g/mol. The number of hydrogen-bond donors (Lipinski definition) is 0. The summed E-state index contributed by atoms with van der Waals surface area (Å²) < 4.78 is 0. The van der Waals surface area contributed by atoms with Crippen LogP contribution in [0.4, 0.5) is 0 Å². The molecule has 2 bridgehead atoms. The third-order valence-corrected chi connectivity index (χ3v) is 4.86. The fourth-order valence-corrected chi connectivity index (χ4v) is 3.72. The van der Waals surface area contributed by atoms with E-state index in [2.05, 4.69) is 16.8 Å². The number of Topliss-reactive ketones (excluding diaryl/α,β-unsaturated/α-hetero) is 1. The molecule has 3 fully saturated rings. The largest absolute Gasteiger partial charge is 0.304 e. The van der Waals surface area contributed by atoms with Crippen molar-refractivity contribution in [1.82, 2.24) is 9.80 Å². The van der Waals surface area contributed by atoms with Crippen LogP contribution in [-0.2, 0) is 4.79 Å². The third kappa shape index (κ3) is 1.80. The van der Waals surface area contributed by atoms with Gasteiger partial charge in [0, 0.05) is 44.6 Å². The van der Waals surface area contributed by atoms with Crippen molar-refractivity contribution in [3.63, 3.8) is 0 Å². The molecule has 3 heteroatoms. The van der Waals surface area contributed by atoms with Crippen molar-refractivity contribution in [2.75, 3.05) is 39.8 Å². The lowest BCUT2D eigenvalue weighted by Gasteiger charge is -2.35. The zero-order valence-electron chi connectivity index (χ0n) is 10.2. The normalized spacial score (nSPS) is 40.8. The first kappa shape index (κ1) is 10.7. The van der Waals surface area contributed by atoms with Gasteiger partial charge in [-0.3, -0.25) is 4.79 Å². The fraction of sp³-hybridized carbons (Fsp3) is 0.923. The lowest BCUT2D eigenvalue weighted by molar-refractivity contribution is -0.126. The Hall–Kier alpha value is -0.410. The first-order valence-corrected chi connectivity index (χ1v) is 6.68. The van der Waals surface area contributed by atoms with Gasteiger partial charge in [0.05, 0.1) is 0 Å². The summed E-state index contributed by atoms with van der Waals surface area (Å²) in [5.41, 5.74) is 0. The first-order chi connectivity index (χ1) is 7.74. The Labute approximate surface area is 97.8 Å². The maximum Gasteiger partial charge on any atom is 0.140 e. The molecule has 0 aromatic rings. The van der Waals surface area contributed by atoms with Crippen LogP contribution < -0.4 is 0 Å². The van der Waals surface area contributed by atoms with Crippen molar-refractivity contribution in [3.05, 3.63) is 0 Å². The SMILES string of the molecule is CN1CCN(C[C@H]2C(=O)[C@@H]3CC[C@H]2C3)CC1. The summed E-state index contributed by atoms with van der Waals surface area (Å²) in [5.74, 6) is 2.16. The van der Waals surface area contributed by atoms with E-state index >= 15 is 0 Å². The Morgan fingerprint density at radius 1 is 1.19 bits per heavy atom. The molecule has 1 aliphatic heterocycles. The molecular formula is C13H22N2O. The summed E-state index contributed by atoms with van der Waals surface area (Å²) in [7, 11) is 2.18. The minimum Gasteiger partial charge on any atom is -0.304 e. The van der Waals surface area contributed by atoms with Gasteiger partial charge in [0.15, 0.2) is 0 Å². The summed E-state index contributed by atoms with van der Waals surface area (Å²) >= 11 is 0. The molecule has 0 N–H and O–H groups in total. The summed E-state index contributed by atoms with van der Waals surface area (Å²) in [6.07, 6.45) is 3.70. The van der Waals surface area contributed by atoms with Gasteiger partial charge < -0.3 is 9.80 Å². The molecule has 1 saturated heterocycles. The number of piperazine rings is 1. The van der Waals surface area contributed by atoms with Gasteiger partial charge in [-0.1, -0.05) is 0 Å². The second-order valence-electron chi connectivity index (χ2n) is 5.88. The van der Waals surface area contributed by atoms with Crippen LogP contribution >= 0.6 is 0 Å². The van der Waals surface area contributed by atoms with Gasteiger partial charge >= 0.3 is 0 Å². The van der Waals surface area contributed by atoms with E-state index in [1.807, 2.05) is 0 Å². The smallest absolute Gasteiger partial charge is 0.140 e. The number of rotatable bonds is 2. The maximum absolute atomic E-state index is 12.1. The van der Waals surface area contributed by atoms with Crippen molar-refractivity contribution in [3.8, 4) is 0 Å². The van der Waals surface area contributed by atoms with E-state index in [9.17, 15) is 4.79 Å². The Bertz CT molecular complexity index is 284. The highest BCUT2D eigenvalue weighted by atomic mass is 16.1. The zero-order chi connectivity index (χ0) is 11.1. The van der Waals surface area contributed by atoms with E-state index in [0.717, 1.165) is 38.6 Å². The number of nitrogens with zero attached hydrogens (tertiary/aromatic N) is 2. The number of fused-ring (bicyclic) bond motifs is 2. The molecule has 0 spiro atoms. The second kappa shape index (κ2) is 4.11. The van der Waals surface area contributed by atoms with Gasteiger partial charge in [0.25, 0.3) is 0 Å². The van der Waals surface area contributed by atoms with Crippen molar-refractivity contribution < 1.29 is 4.79 Å². The lowest BCUT2D eigenvalue weighted by Crippen LogP contribution is -2.47. The molecule has 2 aliphatic carbocycles. The Balaban J connectivity index is 1.57. The maximum atomic E-state index is 12.1. The first-order valence-electron chi connectivity index (χ1n) is 6.68. The molecule has 0 aromatic heterocycles. The minimum atomic E-state index is 0.391. The fourth-order valence-electron chi connectivity index (χ4n) is 3.72. The average Bonchev–Trinajstić information content (AvgIpc) is 2.85. The van der Waals surface area contributed by atoms with Gasteiger partial charge in [-0.2, -0.15) is 0 Å². The molecule has 0 unspecified atom stereocenters. The molecular weight excluding hydrogens is 200 g/mol. The van der Waals surface area contributed by atoms with Crippen LogP contribution in [0.25, 0.3) is 0 Å². The Morgan fingerprint density at radius 3 is 2.56 bits per heavy atom. The second-order valence-corrected chi connectivity index (χ2v) is 5.88. The van der Waals surface area contributed by atoms with Crippen LogP contribution in [0.15, 0.2) is 0 Å². The third-order valence-electron chi connectivity index (χ3n) is 4.86. The van der Waals surface area contributed by atoms with Crippen LogP contribution in [0, 0.1) is 17.8 Å². The molecule has 2 saturated carbocycles. The van der Waals surface area contributed by atoms with Crippen LogP contribution in [0.2, 0.25) is 0 Å². The van der Waals surface area contributed by atoms with E-state index < -0.39 is 0 Å². The molecule has 0 radical (unpaired) electrons. The minimum absolute atomic E-state index is 0.391. The summed E-state index contributed by atoms with van der Waals surface area (Å²) in [4.78, 5) is 16.9. The topological polar surface area (TPSA) is 23.6 Å². The Kier molecular flexibility index (Phi) is 2.76. The van der Waals surface area contributed by atoms with Gasteiger partial charge in [0.2, 0.25) is 0 Å². The van der Waals surface area contributed by atoms with E-state index in [1.54, 1.807) is 0 Å². The summed E-state index contributed by atoms with van der Waals surface area (Å²) in [6, 6.07) is 0. The highest BCUT2D eigenvalue weighted by Crippen LogP contribution is 2.46. The molecule has 90 valence electrons. The molecule has 1 heterocycles. The summed E-state index contributed by atoms with van der Waals surface area (Å²) in [6.45, 7) is 5.67. The van der Waals surface area contributed by atoms with Crippen LogP contribution in [-0.4, -0.2) is 55.4 Å². The van der Waals surface area contributed by atoms with E-state index in [0.29, 0.717) is 17.6 Å². The standard InChI is InChI=1S/C13H22N2O/c1-14-4-6-15(7-5-14)9-12-10-2-3-11(8-10)13(12)16/h10-12H,2-9H2,1H3/t10-,11+,12+/m0/s1. The molecule has 3 aliphatic rings.